The van der Waals surface area contributed by atoms with Crippen molar-refractivity contribution in [2.75, 3.05) is 11.9 Å². The van der Waals surface area contributed by atoms with Crippen molar-refractivity contribution in [1.29, 1.82) is 0 Å². The molecule has 2 aromatic rings. The average Bonchev–Trinajstić information content (AvgIpc) is 3.31. The second-order valence-electron chi connectivity index (χ2n) is 5.29. The van der Waals surface area contributed by atoms with Crippen LogP contribution in [-0.2, 0) is 0 Å². The van der Waals surface area contributed by atoms with Crippen molar-refractivity contribution in [3.63, 3.8) is 0 Å². The normalized spacial score (nSPS) is 15.9. The molecule has 1 atom stereocenters. The van der Waals surface area contributed by atoms with Crippen LogP contribution in [0.15, 0.2) is 48.5 Å². The third kappa shape index (κ3) is 2.97. The summed E-state index contributed by atoms with van der Waals surface area (Å²) in [5.74, 6) is 0.673. The van der Waals surface area contributed by atoms with Gasteiger partial charge in [0.25, 0.3) is 0 Å². The van der Waals surface area contributed by atoms with Gasteiger partial charge in [0.05, 0.1) is 12.6 Å². The molecule has 1 fully saturated rings. The van der Waals surface area contributed by atoms with Crippen LogP contribution in [0.1, 0.15) is 35.9 Å². The topological polar surface area (TPSA) is 32.3 Å². The molecule has 3 heteroatoms. The Hall–Kier alpha value is -1.51. The predicted molar refractivity (Wildman–Crippen MR) is 83.3 cm³/mol. The highest BCUT2D eigenvalue weighted by atomic mass is 35.5. The van der Waals surface area contributed by atoms with E-state index in [1.807, 2.05) is 30.3 Å². The molecule has 0 amide bonds. The SMILES string of the molecule is OCC(Nc1ccc(Cl)cc1)c1ccccc1C1CC1. The van der Waals surface area contributed by atoms with E-state index in [1.165, 1.54) is 24.0 Å². The van der Waals surface area contributed by atoms with Gasteiger partial charge < -0.3 is 10.4 Å². The Bertz CT molecular complexity index is 578. The Morgan fingerprint density at radius 2 is 1.80 bits per heavy atom. The smallest absolute Gasteiger partial charge is 0.0747 e. The lowest BCUT2D eigenvalue weighted by Gasteiger charge is -2.21. The molecular formula is C17H18ClNO. The van der Waals surface area contributed by atoms with E-state index in [0.717, 1.165) is 10.7 Å². The Morgan fingerprint density at radius 1 is 1.10 bits per heavy atom. The monoisotopic (exact) mass is 287 g/mol. The minimum Gasteiger partial charge on any atom is -0.394 e. The van der Waals surface area contributed by atoms with Gasteiger partial charge in [-0.1, -0.05) is 35.9 Å². The van der Waals surface area contributed by atoms with Crippen LogP contribution in [0.25, 0.3) is 0 Å². The molecule has 1 aliphatic rings. The molecular weight excluding hydrogens is 270 g/mol. The standard InChI is InChI=1S/C17H18ClNO/c18-13-7-9-14(10-8-13)19-17(11-20)16-4-2-1-3-15(16)12-5-6-12/h1-4,7-10,12,17,19-20H,5-6,11H2. The van der Waals surface area contributed by atoms with Crippen LogP contribution < -0.4 is 5.32 Å². The number of hydrogen-bond acceptors (Lipinski definition) is 2. The van der Waals surface area contributed by atoms with E-state index < -0.39 is 0 Å². The Morgan fingerprint density at radius 3 is 2.45 bits per heavy atom. The molecule has 0 aromatic heterocycles. The highest BCUT2D eigenvalue weighted by molar-refractivity contribution is 6.30. The van der Waals surface area contributed by atoms with Crippen molar-refractivity contribution in [3.8, 4) is 0 Å². The lowest BCUT2D eigenvalue weighted by atomic mass is 9.97. The number of benzene rings is 2. The van der Waals surface area contributed by atoms with Gasteiger partial charge in [-0.2, -0.15) is 0 Å². The molecule has 2 N–H and O–H groups in total. The summed E-state index contributed by atoms with van der Waals surface area (Å²) in [4.78, 5) is 0. The largest absolute Gasteiger partial charge is 0.394 e. The fraction of sp³-hybridized carbons (Fsp3) is 0.294. The second kappa shape index (κ2) is 5.86. The molecule has 0 saturated heterocycles. The molecule has 3 rings (SSSR count). The van der Waals surface area contributed by atoms with Crippen LogP contribution in [0, 0.1) is 0 Å². The van der Waals surface area contributed by atoms with Crippen LogP contribution in [0.3, 0.4) is 0 Å². The molecule has 2 nitrogen and oxygen atoms in total. The first kappa shape index (κ1) is 13.5. The average molecular weight is 288 g/mol. The Balaban J connectivity index is 1.84. The first-order valence-corrected chi connectivity index (χ1v) is 7.37. The van der Waals surface area contributed by atoms with Crippen molar-refractivity contribution in [2.24, 2.45) is 0 Å². The summed E-state index contributed by atoms with van der Waals surface area (Å²) in [6, 6.07) is 15.9. The summed E-state index contributed by atoms with van der Waals surface area (Å²) in [5, 5.41) is 13.8. The lowest BCUT2D eigenvalue weighted by Crippen LogP contribution is -2.16. The van der Waals surface area contributed by atoms with Crippen molar-refractivity contribution in [1.82, 2.24) is 0 Å². The fourth-order valence-corrected chi connectivity index (χ4v) is 2.69. The zero-order chi connectivity index (χ0) is 13.9. The van der Waals surface area contributed by atoms with Gasteiger partial charge >= 0.3 is 0 Å². The zero-order valence-corrected chi connectivity index (χ0v) is 12.0. The predicted octanol–water partition coefficient (Wildman–Crippen LogP) is 4.36. The van der Waals surface area contributed by atoms with Crippen molar-refractivity contribution < 1.29 is 5.11 Å². The third-order valence-electron chi connectivity index (χ3n) is 3.76. The van der Waals surface area contributed by atoms with E-state index in [-0.39, 0.29) is 12.6 Å². The molecule has 0 aliphatic heterocycles. The van der Waals surface area contributed by atoms with Crippen LogP contribution in [0.5, 0.6) is 0 Å². The van der Waals surface area contributed by atoms with Gasteiger partial charge in [0.2, 0.25) is 0 Å². The van der Waals surface area contributed by atoms with Gasteiger partial charge in [-0.3, -0.25) is 0 Å². The molecule has 0 radical (unpaired) electrons. The van der Waals surface area contributed by atoms with Crippen molar-refractivity contribution in [2.45, 2.75) is 24.8 Å². The molecule has 1 saturated carbocycles. The molecule has 1 aliphatic carbocycles. The summed E-state index contributed by atoms with van der Waals surface area (Å²) in [7, 11) is 0. The third-order valence-corrected chi connectivity index (χ3v) is 4.01. The number of aliphatic hydroxyl groups excluding tert-OH is 1. The summed E-state index contributed by atoms with van der Waals surface area (Å²) in [6.45, 7) is 0.0758. The molecule has 20 heavy (non-hydrogen) atoms. The molecule has 104 valence electrons. The van der Waals surface area contributed by atoms with E-state index >= 15 is 0 Å². The second-order valence-corrected chi connectivity index (χ2v) is 5.73. The molecule has 1 unspecified atom stereocenters. The molecule has 2 aromatic carbocycles. The molecule has 0 heterocycles. The van der Waals surface area contributed by atoms with Gasteiger partial charge in [-0.05, 0) is 54.2 Å². The lowest BCUT2D eigenvalue weighted by molar-refractivity contribution is 0.276. The van der Waals surface area contributed by atoms with Crippen LogP contribution in [-0.4, -0.2) is 11.7 Å². The van der Waals surface area contributed by atoms with E-state index in [2.05, 4.69) is 23.5 Å². The van der Waals surface area contributed by atoms with Gasteiger partial charge in [-0.15, -0.1) is 0 Å². The number of anilines is 1. The first-order valence-electron chi connectivity index (χ1n) is 6.99. The van der Waals surface area contributed by atoms with Gasteiger partial charge in [-0.25, -0.2) is 0 Å². The van der Waals surface area contributed by atoms with E-state index in [1.54, 1.807) is 0 Å². The van der Waals surface area contributed by atoms with Crippen molar-refractivity contribution in [3.05, 3.63) is 64.7 Å². The quantitative estimate of drug-likeness (QED) is 0.856. The van der Waals surface area contributed by atoms with Crippen LogP contribution in [0.2, 0.25) is 5.02 Å². The highest BCUT2D eigenvalue weighted by Gasteiger charge is 2.27. The summed E-state index contributed by atoms with van der Waals surface area (Å²) in [5.41, 5.74) is 3.54. The number of hydrogen-bond donors (Lipinski definition) is 2. The van der Waals surface area contributed by atoms with E-state index in [4.69, 9.17) is 11.6 Å². The number of rotatable bonds is 5. The van der Waals surface area contributed by atoms with Gasteiger partial charge in [0, 0.05) is 10.7 Å². The first-order chi connectivity index (χ1) is 9.78. The number of aliphatic hydroxyl groups is 1. The maximum absolute atomic E-state index is 9.73. The Kier molecular flexibility index (Phi) is 3.95. The summed E-state index contributed by atoms with van der Waals surface area (Å²) in [6.07, 6.45) is 2.52. The maximum Gasteiger partial charge on any atom is 0.0747 e. The number of halogens is 1. The van der Waals surface area contributed by atoms with Gasteiger partial charge in [0.1, 0.15) is 0 Å². The van der Waals surface area contributed by atoms with Crippen molar-refractivity contribution >= 4 is 17.3 Å². The van der Waals surface area contributed by atoms with Gasteiger partial charge in [0.15, 0.2) is 0 Å². The minimum atomic E-state index is -0.0759. The Labute approximate surface area is 124 Å². The highest BCUT2D eigenvalue weighted by Crippen LogP contribution is 2.43. The van der Waals surface area contributed by atoms with E-state index in [9.17, 15) is 5.11 Å². The van der Waals surface area contributed by atoms with Crippen LogP contribution in [0.4, 0.5) is 5.69 Å². The molecule has 0 spiro atoms. The van der Waals surface area contributed by atoms with Crippen LogP contribution >= 0.6 is 11.6 Å². The number of nitrogens with one attached hydrogen (secondary N) is 1. The molecule has 0 bridgehead atoms. The maximum atomic E-state index is 9.73. The minimum absolute atomic E-state index is 0.0758. The fourth-order valence-electron chi connectivity index (χ4n) is 2.56. The zero-order valence-electron chi connectivity index (χ0n) is 11.2. The summed E-state index contributed by atoms with van der Waals surface area (Å²) >= 11 is 5.90. The summed E-state index contributed by atoms with van der Waals surface area (Å²) < 4.78 is 0. The van der Waals surface area contributed by atoms with E-state index in [0.29, 0.717) is 5.92 Å².